The Morgan fingerprint density at radius 2 is 1.75 bits per heavy atom. The van der Waals surface area contributed by atoms with Crippen LogP contribution in [0, 0.1) is 42.4 Å². The highest BCUT2D eigenvalue weighted by Crippen LogP contribution is 2.65. The molecular weight excluding hydrogens is 412 g/mol. The lowest BCUT2D eigenvalue weighted by molar-refractivity contribution is -0.131. The van der Waals surface area contributed by atoms with E-state index in [4.69, 9.17) is 4.98 Å². The number of ketones is 1. The van der Waals surface area contributed by atoms with Gasteiger partial charge in [0.25, 0.3) is 0 Å². The topological polar surface area (TPSA) is 42.0 Å². The summed E-state index contributed by atoms with van der Waals surface area (Å²) in [6, 6.07) is 6.60. The van der Waals surface area contributed by atoms with E-state index >= 15 is 0 Å². The molecule has 0 spiro atoms. The molecule has 5 atom stereocenters. The Hall–Kier alpha value is -1.94. The van der Waals surface area contributed by atoms with Gasteiger partial charge >= 0.3 is 0 Å². The second kappa shape index (κ2) is 7.03. The smallest absolute Gasteiger partial charge is 0.187 e. The van der Waals surface area contributed by atoms with E-state index in [9.17, 15) is 4.79 Å². The molecular formula is C28H34N2OS. The van der Waals surface area contributed by atoms with Crippen LogP contribution in [0.5, 0.6) is 0 Å². The van der Waals surface area contributed by atoms with Crippen molar-refractivity contribution in [1.82, 2.24) is 4.98 Å². The number of anilines is 2. The maximum atomic E-state index is 12.7. The number of hydrogen-bond donors (Lipinski definition) is 1. The zero-order valence-electron chi connectivity index (χ0n) is 19.8. The van der Waals surface area contributed by atoms with E-state index < -0.39 is 0 Å². The van der Waals surface area contributed by atoms with Crippen LogP contribution < -0.4 is 5.32 Å². The van der Waals surface area contributed by atoms with Crippen molar-refractivity contribution in [1.29, 1.82) is 0 Å². The number of rotatable bonds is 2. The molecule has 0 unspecified atom stereocenters. The van der Waals surface area contributed by atoms with E-state index in [-0.39, 0.29) is 10.8 Å². The predicted octanol–water partition coefficient (Wildman–Crippen LogP) is 7.25. The molecule has 0 amide bonds. The highest BCUT2D eigenvalue weighted by molar-refractivity contribution is 7.15. The summed E-state index contributed by atoms with van der Waals surface area (Å²) in [6.07, 6.45) is 10.2. The molecule has 4 aliphatic carbocycles. The van der Waals surface area contributed by atoms with Crippen molar-refractivity contribution < 1.29 is 4.79 Å². The Morgan fingerprint density at radius 1 is 1.00 bits per heavy atom. The third-order valence-corrected chi connectivity index (χ3v) is 10.5. The standard InChI is InChI=1S/C28H34N2OS/c1-16-13-17(2)15-18(14-16)29-26-30-25-22-6-5-19-20-7-8-24(31)28(20,4)11-9-21(19)27(22,3)12-10-23(25)32-26/h6,13-15,19-21H,5,7-12H2,1-4H3,(H,29,30)/t19-,20-,21-,27+,28-/m0/s1. The maximum Gasteiger partial charge on any atom is 0.187 e. The summed E-state index contributed by atoms with van der Waals surface area (Å²) < 4.78 is 0. The molecule has 32 heavy (non-hydrogen) atoms. The number of nitrogens with one attached hydrogen (secondary N) is 1. The monoisotopic (exact) mass is 446 g/mol. The zero-order valence-corrected chi connectivity index (χ0v) is 20.6. The van der Waals surface area contributed by atoms with Crippen LogP contribution in [0.3, 0.4) is 0 Å². The summed E-state index contributed by atoms with van der Waals surface area (Å²) in [5.74, 6) is 2.48. The van der Waals surface area contributed by atoms with Crippen LogP contribution in [0.25, 0.3) is 5.57 Å². The normalized spacial score (nSPS) is 35.4. The second-order valence-electron chi connectivity index (χ2n) is 11.4. The van der Waals surface area contributed by atoms with Gasteiger partial charge in [-0.05, 0) is 104 Å². The molecule has 4 heteroatoms. The quantitative estimate of drug-likeness (QED) is 0.528. The molecule has 2 saturated carbocycles. The van der Waals surface area contributed by atoms with Gasteiger partial charge in [0.1, 0.15) is 5.78 Å². The molecule has 2 aromatic rings. The largest absolute Gasteiger partial charge is 0.332 e. The van der Waals surface area contributed by atoms with Crippen molar-refractivity contribution in [2.75, 3.05) is 5.32 Å². The molecule has 2 fully saturated rings. The molecule has 1 N–H and O–H groups in total. The van der Waals surface area contributed by atoms with Crippen molar-refractivity contribution in [2.45, 2.75) is 72.6 Å². The molecule has 3 nitrogen and oxygen atoms in total. The van der Waals surface area contributed by atoms with Crippen molar-refractivity contribution in [3.05, 3.63) is 46.0 Å². The average molecular weight is 447 g/mol. The number of fused-ring (bicyclic) bond motifs is 7. The van der Waals surface area contributed by atoms with Crippen molar-refractivity contribution in [2.24, 2.45) is 28.6 Å². The van der Waals surface area contributed by atoms with E-state index in [0.717, 1.165) is 42.9 Å². The Kier molecular flexibility index (Phi) is 4.54. The minimum absolute atomic E-state index is 0.0492. The van der Waals surface area contributed by atoms with E-state index in [0.29, 0.717) is 23.5 Å². The Morgan fingerprint density at radius 3 is 2.53 bits per heavy atom. The molecule has 0 aliphatic heterocycles. The summed E-state index contributed by atoms with van der Waals surface area (Å²) >= 11 is 1.83. The van der Waals surface area contributed by atoms with E-state index in [1.54, 1.807) is 0 Å². The molecule has 0 saturated heterocycles. The molecule has 6 rings (SSSR count). The van der Waals surface area contributed by atoms with Gasteiger partial charge in [-0.15, -0.1) is 11.3 Å². The fourth-order valence-electron chi connectivity index (χ4n) is 7.88. The number of hydrogen-bond acceptors (Lipinski definition) is 4. The summed E-state index contributed by atoms with van der Waals surface area (Å²) in [5, 5.41) is 4.61. The number of thiazole rings is 1. The maximum absolute atomic E-state index is 12.7. The number of aryl methyl sites for hydroxylation is 3. The summed E-state index contributed by atoms with van der Waals surface area (Å²) in [5.41, 5.74) is 6.59. The van der Waals surface area contributed by atoms with Gasteiger partial charge in [-0.1, -0.05) is 26.0 Å². The summed E-state index contributed by atoms with van der Waals surface area (Å²) in [4.78, 5) is 19.3. The van der Waals surface area contributed by atoms with Gasteiger partial charge in [0.15, 0.2) is 5.13 Å². The van der Waals surface area contributed by atoms with Crippen molar-refractivity contribution in [3.8, 4) is 0 Å². The van der Waals surface area contributed by atoms with E-state index in [2.05, 4.69) is 57.3 Å². The number of allylic oxidation sites excluding steroid dienone is 2. The van der Waals surface area contributed by atoms with Crippen LogP contribution in [0.1, 0.15) is 74.1 Å². The summed E-state index contributed by atoms with van der Waals surface area (Å²) in [6.45, 7) is 9.07. The van der Waals surface area contributed by atoms with Gasteiger partial charge in [0.2, 0.25) is 0 Å². The molecule has 1 aromatic carbocycles. The van der Waals surface area contributed by atoms with Crippen LogP contribution in [-0.4, -0.2) is 10.8 Å². The first-order valence-electron chi connectivity index (χ1n) is 12.4. The Labute approximate surface area is 195 Å². The molecule has 4 aliphatic rings. The van der Waals surface area contributed by atoms with Gasteiger partial charge in [-0.25, -0.2) is 4.98 Å². The van der Waals surface area contributed by atoms with Gasteiger partial charge in [-0.2, -0.15) is 0 Å². The van der Waals surface area contributed by atoms with Gasteiger partial charge in [0, 0.05) is 22.4 Å². The van der Waals surface area contributed by atoms with Crippen LogP contribution >= 0.6 is 11.3 Å². The third kappa shape index (κ3) is 2.91. The van der Waals surface area contributed by atoms with Gasteiger partial charge < -0.3 is 5.32 Å². The number of nitrogens with zero attached hydrogens (tertiary/aromatic N) is 1. The van der Waals surface area contributed by atoms with Crippen LogP contribution in [0.2, 0.25) is 0 Å². The first kappa shape index (κ1) is 20.7. The first-order chi connectivity index (χ1) is 15.3. The average Bonchev–Trinajstić information content (AvgIpc) is 3.27. The lowest BCUT2D eigenvalue weighted by atomic mass is 9.48. The minimum Gasteiger partial charge on any atom is -0.332 e. The Bertz CT molecular complexity index is 1130. The third-order valence-electron chi connectivity index (χ3n) is 9.47. The second-order valence-corrected chi connectivity index (χ2v) is 12.4. The van der Waals surface area contributed by atoms with Crippen LogP contribution in [0.15, 0.2) is 24.3 Å². The lowest BCUT2D eigenvalue weighted by Crippen LogP contribution is -2.49. The highest BCUT2D eigenvalue weighted by atomic mass is 32.1. The number of carbonyl (C=O) groups is 1. The highest BCUT2D eigenvalue weighted by Gasteiger charge is 2.58. The molecule has 0 bridgehead atoms. The fourth-order valence-corrected chi connectivity index (χ4v) is 8.88. The molecule has 1 aromatic heterocycles. The van der Waals surface area contributed by atoms with E-state index in [1.807, 2.05) is 11.3 Å². The molecule has 1 heterocycles. The van der Waals surface area contributed by atoms with E-state index in [1.165, 1.54) is 40.1 Å². The van der Waals surface area contributed by atoms with Crippen molar-refractivity contribution in [3.63, 3.8) is 0 Å². The number of benzene rings is 1. The van der Waals surface area contributed by atoms with Crippen LogP contribution in [-0.2, 0) is 11.2 Å². The zero-order chi connectivity index (χ0) is 22.3. The van der Waals surface area contributed by atoms with Gasteiger partial charge in [0.05, 0.1) is 5.69 Å². The van der Waals surface area contributed by atoms with Gasteiger partial charge in [-0.3, -0.25) is 4.79 Å². The summed E-state index contributed by atoms with van der Waals surface area (Å²) in [7, 11) is 0. The molecule has 0 radical (unpaired) electrons. The Balaban J connectivity index is 1.33. The minimum atomic E-state index is -0.0492. The SMILES string of the molecule is Cc1cc(C)cc(Nc2nc3c(s2)CC[C@@]2(C)C3=CC[C@@H]3[C@@H]2CC[C@]2(C)C(=O)CC[C@@H]32)c1. The number of aromatic nitrogens is 1. The fraction of sp³-hybridized carbons (Fsp3) is 0.571. The first-order valence-corrected chi connectivity index (χ1v) is 13.2. The molecule has 168 valence electrons. The van der Waals surface area contributed by atoms with Crippen molar-refractivity contribution >= 4 is 33.5 Å². The van der Waals surface area contributed by atoms with Crippen LogP contribution in [0.4, 0.5) is 10.8 Å². The number of Topliss-reactive ketones (excluding diaryl/α,β-unsaturated/α-hetero) is 1. The number of carbonyl (C=O) groups excluding carboxylic acids is 1. The predicted molar refractivity (Wildman–Crippen MR) is 132 cm³/mol. The lowest BCUT2D eigenvalue weighted by Gasteiger charge is -2.55.